The highest BCUT2D eigenvalue weighted by Crippen LogP contribution is 2.10. The van der Waals surface area contributed by atoms with E-state index < -0.39 is 5.91 Å². The predicted molar refractivity (Wildman–Crippen MR) is 49.3 cm³/mol. The lowest BCUT2D eigenvalue weighted by atomic mass is 10.0. The maximum Gasteiger partial charge on any atom is 0.248 e. The maximum atomic E-state index is 11.9. The summed E-state index contributed by atoms with van der Waals surface area (Å²) in [5.41, 5.74) is 6.48. The van der Waals surface area contributed by atoms with Crippen molar-refractivity contribution in [3.8, 4) is 0 Å². The van der Waals surface area contributed by atoms with E-state index in [0.717, 1.165) is 5.56 Å². The van der Waals surface area contributed by atoms with Crippen molar-refractivity contribution < 1.29 is 9.18 Å². The molecule has 0 unspecified atom stereocenters. The Hall–Kier alpha value is -1.38. The molecule has 1 rings (SSSR count). The number of carbonyl (C=O) groups is 1. The largest absolute Gasteiger partial charge is 0.366 e. The Morgan fingerprint density at radius 3 is 2.69 bits per heavy atom. The zero-order chi connectivity index (χ0) is 9.68. The molecule has 0 saturated carbocycles. The van der Waals surface area contributed by atoms with Crippen LogP contribution in [-0.4, -0.2) is 12.6 Å². The number of alkyl halides is 1. The van der Waals surface area contributed by atoms with Crippen LogP contribution in [-0.2, 0) is 6.42 Å². The number of rotatable bonds is 4. The number of primary amides is 1. The van der Waals surface area contributed by atoms with Crippen LogP contribution in [0.15, 0.2) is 24.3 Å². The van der Waals surface area contributed by atoms with Gasteiger partial charge in [0.15, 0.2) is 0 Å². The van der Waals surface area contributed by atoms with Gasteiger partial charge >= 0.3 is 0 Å². The fourth-order valence-corrected chi connectivity index (χ4v) is 1.24. The van der Waals surface area contributed by atoms with Gasteiger partial charge in [-0.25, -0.2) is 0 Å². The highest BCUT2D eigenvalue weighted by molar-refractivity contribution is 5.94. The minimum Gasteiger partial charge on any atom is -0.366 e. The Bertz CT molecular complexity index is 299. The van der Waals surface area contributed by atoms with Crippen LogP contribution >= 0.6 is 0 Å². The molecule has 0 spiro atoms. The van der Waals surface area contributed by atoms with E-state index in [2.05, 4.69) is 0 Å². The van der Waals surface area contributed by atoms with Gasteiger partial charge in [-0.05, 0) is 24.5 Å². The first kappa shape index (κ1) is 9.71. The number of halogens is 1. The van der Waals surface area contributed by atoms with Crippen LogP contribution in [0.25, 0.3) is 0 Å². The van der Waals surface area contributed by atoms with E-state index in [1.807, 2.05) is 6.07 Å². The number of nitrogens with two attached hydrogens (primary N) is 1. The molecule has 0 aliphatic rings. The molecule has 0 fully saturated rings. The van der Waals surface area contributed by atoms with Crippen molar-refractivity contribution in [2.75, 3.05) is 6.67 Å². The van der Waals surface area contributed by atoms with Crippen LogP contribution in [0, 0.1) is 0 Å². The van der Waals surface area contributed by atoms with Gasteiger partial charge < -0.3 is 5.73 Å². The number of aryl methyl sites for hydroxylation is 1. The Balaban J connectivity index is 2.84. The van der Waals surface area contributed by atoms with Gasteiger partial charge in [0.2, 0.25) is 5.91 Å². The van der Waals surface area contributed by atoms with Crippen molar-refractivity contribution in [2.24, 2.45) is 5.73 Å². The second-order valence-corrected chi connectivity index (χ2v) is 2.81. The zero-order valence-electron chi connectivity index (χ0n) is 7.29. The first-order valence-electron chi connectivity index (χ1n) is 4.19. The SMILES string of the molecule is NC(=O)c1ccccc1CCCF. The predicted octanol–water partition coefficient (Wildman–Crippen LogP) is 1.69. The third-order valence-electron chi connectivity index (χ3n) is 1.86. The summed E-state index contributed by atoms with van der Waals surface area (Å²) in [5, 5.41) is 0. The Labute approximate surface area is 76.6 Å². The van der Waals surface area contributed by atoms with Gasteiger partial charge in [-0.15, -0.1) is 0 Å². The number of hydrogen-bond acceptors (Lipinski definition) is 1. The van der Waals surface area contributed by atoms with Crippen molar-refractivity contribution >= 4 is 5.91 Å². The fourth-order valence-electron chi connectivity index (χ4n) is 1.24. The summed E-state index contributed by atoms with van der Waals surface area (Å²) in [6.45, 7) is -0.368. The summed E-state index contributed by atoms with van der Waals surface area (Å²) >= 11 is 0. The van der Waals surface area contributed by atoms with Crippen molar-refractivity contribution in [1.29, 1.82) is 0 Å². The van der Waals surface area contributed by atoms with Crippen LogP contribution in [0.2, 0.25) is 0 Å². The molecule has 1 aromatic carbocycles. The molecule has 0 aliphatic carbocycles. The van der Waals surface area contributed by atoms with E-state index in [4.69, 9.17) is 5.73 Å². The van der Waals surface area contributed by atoms with Crippen LogP contribution in [0.3, 0.4) is 0 Å². The van der Waals surface area contributed by atoms with Crippen LogP contribution in [0.1, 0.15) is 22.3 Å². The third kappa shape index (κ3) is 2.54. The van der Waals surface area contributed by atoms with Gasteiger partial charge in [0, 0.05) is 5.56 Å². The molecule has 0 aromatic heterocycles. The lowest BCUT2D eigenvalue weighted by Crippen LogP contribution is -2.13. The molecule has 2 nitrogen and oxygen atoms in total. The molecule has 0 atom stereocenters. The molecule has 3 heteroatoms. The van der Waals surface area contributed by atoms with E-state index in [1.165, 1.54) is 0 Å². The summed E-state index contributed by atoms with van der Waals surface area (Å²) in [6, 6.07) is 7.03. The minimum absolute atomic E-state index is 0.368. The van der Waals surface area contributed by atoms with Crippen LogP contribution in [0.5, 0.6) is 0 Å². The van der Waals surface area contributed by atoms with E-state index in [-0.39, 0.29) is 6.67 Å². The standard InChI is InChI=1S/C10H12FNO/c11-7-3-5-8-4-1-2-6-9(8)10(12)13/h1-2,4,6H,3,5,7H2,(H2,12,13). The Kier molecular flexibility index (Phi) is 3.43. The molecule has 13 heavy (non-hydrogen) atoms. The lowest BCUT2D eigenvalue weighted by molar-refractivity contribution is 0.0999. The first-order valence-corrected chi connectivity index (χ1v) is 4.19. The average Bonchev–Trinajstić information content (AvgIpc) is 2.15. The van der Waals surface area contributed by atoms with Gasteiger partial charge in [0.25, 0.3) is 0 Å². The minimum atomic E-state index is -0.450. The highest BCUT2D eigenvalue weighted by Gasteiger charge is 2.05. The topological polar surface area (TPSA) is 43.1 Å². The van der Waals surface area contributed by atoms with Gasteiger partial charge in [-0.2, -0.15) is 0 Å². The van der Waals surface area contributed by atoms with Crippen molar-refractivity contribution in [1.82, 2.24) is 0 Å². The molecule has 0 aliphatic heterocycles. The molecule has 2 N–H and O–H groups in total. The monoisotopic (exact) mass is 181 g/mol. The molecular formula is C10H12FNO. The summed E-state index contributed by atoms with van der Waals surface area (Å²) in [5.74, 6) is -0.450. The van der Waals surface area contributed by atoms with Crippen LogP contribution in [0.4, 0.5) is 4.39 Å². The average molecular weight is 181 g/mol. The molecule has 70 valence electrons. The summed E-state index contributed by atoms with van der Waals surface area (Å²) in [6.07, 6.45) is 1.000. The number of carbonyl (C=O) groups excluding carboxylic acids is 1. The smallest absolute Gasteiger partial charge is 0.248 e. The van der Waals surface area contributed by atoms with Crippen molar-refractivity contribution in [2.45, 2.75) is 12.8 Å². The van der Waals surface area contributed by atoms with Gasteiger partial charge in [-0.3, -0.25) is 9.18 Å². The number of amides is 1. The summed E-state index contributed by atoms with van der Waals surface area (Å²) < 4.78 is 11.9. The molecule has 0 radical (unpaired) electrons. The molecule has 0 bridgehead atoms. The molecule has 0 saturated heterocycles. The van der Waals surface area contributed by atoms with Crippen molar-refractivity contribution in [3.63, 3.8) is 0 Å². The maximum absolute atomic E-state index is 11.9. The Morgan fingerprint density at radius 2 is 2.08 bits per heavy atom. The van der Waals surface area contributed by atoms with E-state index in [0.29, 0.717) is 18.4 Å². The third-order valence-corrected chi connectivity index (χ3v) is 1.86. The lowest BCUT2D eigenvalue weighted by Gasteiger charge is -2.03. The van der Waals surface area contributed by atoms with E-state index in [1.54, 1.807) is 18.2 Å². The summed E-state index contributed by atoms with van der Waals surface area (Å²) in [7, 11) is 0. The molecule has 0 heterocycles. The second-order valence-electron chi connectivity index (χ2n) is 2.81. The quantitative estimate of drug-likeness (QED) is 0.754. The van der Waals surface area contributed by atoms with Gasteiger partial charge in [0.05, 0.1) is 6.67 Å². The Morgan fingerprint density at radius 1 is 1.38 bits per heavy atom. The number of benzene rings is 1. The second kappa shape index (κ2) is 4.60. The van der Waals surface area contributed by atoms with Crippen LogP contribution < -0.4 is 5.73 Å². The fraction of sp³-hybridized carbons (Fsp3) is 0.300. The highest BCUT2D eigenvalue weighted by atomic mass is 19.1. The number of hydrogen-bond donors (Lipinski definition) is 1. The van der Waals surface area contributed by atoms with E-state index >= 15 is 0 Å². The first-order chi connectivity index (χ1) is 6.25. The summed E-state index contributed by atoms with van der Waals surface area (Å²) in [4.78, 5) is 10.9. The van der Waals surface area contributed by atoms with Gasteiger partial charge in [0.1, 0.15) is 0 Å². The normalized spacial score (nSPS) is 9.92. The van der Waals surface area contributed by atoms with E-state index in [9.17, 15) is 9.18 Å². The zero-order valence-corrected chi connectivity index (χ0v) is 7.29. The molecule has 1 aromatic rings. The molecule has 1 amide bonds. The van der Waals surface area contributed by atoms with Gasteiger partial charge in [-0.1, -0.05) is 18.2 Å². The van der Waals surface area contributed by atoms with Crippen molar-refractivity contribution in [3.05, 3.63) is 35.4 Å². The molecular weight excluding hydrogens is 169 g/mol.